The number of carbonyl (C=O) groups is 1. The number of aromatic nitrogens is 1. The van der Waals surface area contributed by atoms with Crippen LogP contribution in [0.15, 0.2) is 24.5 Å². The van der Waals surface area contributed by atoms with E-state index in [1.165, 1.54) is 0 Å². The maximum absolute atomic E-state index is 12.5. The van der Waals surface area contributed by atoms with Gasteiger partial charge in [-0.3, -0.25) is 9.78 Å². The number of pyridine rings is 1. The van der Waals surface area contributed by atoms with Crippen molar-refractivity contribution < 1.29 is 4.79 Å². The quantitative estimate of drug-likeness (QED) is 0.850. The second-order valence-corrected chi connectivity index (χ2v) is 5.24. The Hall–Kier alpha value is -1.46. The normalized spacial score (nSPS) is 20.7. The van der Waals surface area contributed by atoms with Crippen LogP contribution in [-0.4, -0.2) is 60.5 Å². The molecular formula is C14H22N4O. The molecule has 0 spiro atoms. The summed E-state index contributed by atoms with van der Waals surface area (Å²) in [5.41, 5.74) is 1.13. The summed E-state index contributed by atoms with van der Waals surface area (Å²) in [6.45, 7) is 3.13. The molecule has 1 atom stereocenters. The summed E-state index contributed by atoms with van der Waals surface area (Å²) in [5, 5.41) is 3.33. The summed E-state index contributed by atoms with van der Waals surface area (Å²) in [5.74, 6) is 0.197. The average molecular weight is 262 g/mol. The van der Waals surface area contributed by atoms with Crippen LogP contribution in [0.3, 0.4) is 0 Å². The molecule has 2 rings (SSSR count). The van der Waals surface area contributed by atoms with E-state index in [1.54, 1.807) is 12.4 Å². The lowest BCUT2D eigenvalue weighted by atomic mass is 10.2. The van der Waals surface area contributed by atoms with Gasteiger partial charge in [-0.05, 0) is 44.8 Å². The predicted octanol–water partition coefficient (Wildman–Crippen LogP) is 0.334. The van der Waals surface area contributed by atoms with Gasteiger partial charge in [0.1, 0.15) is 0 Å². The lowest BCUT2D eigenvalue weighted by Gasteiger charge is -2.26. The van der Waals surface area contributed by atoms with Crippen molar-refractivity contribution in [2.75, 3.05) is 33.7 Å². The van der Waals surface area contributed by atoms with Gasteiger partial charge in [0, 0.05) is 32.0 Å². The predicted molar refractivity (Wildman–Crippen MR) is 74.6 cm³/mol. The molecule has 1 saturated heterocycles. The maximum Gasteiger partial charge on any atom is 0.241 e. The van der Waals surface area contributed by atoms with Crippen LogP contribution >= 0.6 is 0 Å². The van der Waals surface area contributed by atoms with Crippen molar-refractivity contribution in [2.45, 2.75) is 19.0 Å². The Labute approximate surface area is 114 Å². The number of rotatable bonds is 4. The third-order valence-electron chi connectivity index (χ3n) is 3.28. The number of nitrogens with zero attached hydrogens (tertiary/aromatic N) is 3. The van der Waals surface area contributed by atoms with Crippen LogP contribution in [0.4, 0.5) is 0 Å². The molecule has 1 aliphatic rings. The third-order valence-corrected chi connectivity index (χ3v) is 3.28. The molecule has 5 heteroatoms. The number of carbonyl (C=O) groups excluding carboxylic acids is 1. The van der Waals surface area contributed by atoms with Gasteiger partial charge in [0.15, 0.2) is 0 Å². The van der Waals surface area contributed by atoms with Crippen molar-refractivity contribution in [3.05, 3.63) is 30.1 Å². The van der Waals surface area contributed by atoms with Crippen molar-refractivity contribution in [1.29, 1.82) is 0 Å². The van der Waals surface area contributed by atoms with E-state index in [9.17, 15) is 4.79 Å². The van der Waals surface area contributed by atoms with Gasteiger partial charge in [0.2, 0.25) is 5.91 Å². The Morgan fingerprint density at radius 1 is 1.42 bits per heavy atom. The highest BCUT2D eigenvalue weighted by Gasteiger charge is 2.26. The molecule has 1 amide bonds. The van der Waals surface area contributed by atoms with Crippen molar-refractivity contribution in [3.8, 4) is 0 Å². The molecule has 2 heterocycles. The molecule has 0 bridgehead atoms. The fourth-order valence-corrected chi connectivity index (χ4v) is 2.34. The fraction of sp³-hybridized carbons (Fsp3) is 0.571. The highest BCUT2D eigenvalue weighted by atomic mass is 16.2. The fourth-order valence-electron chi connectivity index (χ4n) is 2.34. The van der Waals surface area contributed by atoms with E-state index in [0.717, 1.165) is 31.6 Å². The minimum Gasteiger partial charge on any atom is -0.337 e. The largest absolute Gasteiger partial charge is 0.337 e. The Kier molecular flexibility index (Phi) is 4.87. The van der Waals surface area contributed by atoms with Crippen LogP contribution in [0.1, 0.15) is 12.0 Å². The number of hydrogen-bond acceptors (Lipinski definition) is 4. The van der Waals surface area contributed by atoms with E-state index >= 15 is 0 Å². The first kappa shape index (κ1) is 14.0. The van der Waals surface area contributed by atoms with E-state index in [4.69, 9.17) is 0 Å². The maximum atomic E-state index is 12.5. The average Bonchev–Trinajstić information content (AvgIpc) is 2.55. The molecule has 19 heavy (non-hydrogen) atoms. The van der Waals surface area contributed by atoms with Crippen molar-refractivity contribution in [3.63, 3.8) is 0 Å². The second kappa shape index (κ2) is 6.63. The van der Waals surface area contributed by atoms with Crippen LogP contribution in [0.25, 0.3) is 0 Å². The third kappa shape index (κ3) is 4.01. The highest BCUT2D eigenvalue weighted by Crippen LogP contribution is 2.09. The van der Waals surface area contributed by atoms with Gasteiger partial charge in [0.05, 0.1) is 6.04 Å². The zero-order chi connectivity index (χ0) is 13.7. The number of nitrogens with one attached hydrogen (secondary N) is 1. The van der Waals surface area contributed by atoms with Gasteiger partial charge in [-0.25, -0.2) is 0 Å². The first-order valence-corrected chi connectivity index (χ1v) is 6.72. The molecule has 5 nitrogen and oxygen atoms in total. The molecule has 1 fully saturated rings. The van der Waals surface area contributed by atoms with Crippen LogP contribution in [0.5, 0.6) is 0 Å². The smallest absolute Gasteiger partial charge is 0.241 e. The Morgan fingerprint density at radius 2 is 2.16 bits per heavy atom. The van der Waals surface area contributed by atoms with Crippen LogP contribution in [0, 0.1) is 0 Å². The monoisotopic (exact) mass is 262 g/mol. The molecule has 0 aliphatic carbocycles. The van der Waals surface area contributed by atoms with E-state index in [-0.39, 0.29) is 11.9 Å². The minimum atomic E-state index is -0.0978. The standard InChI is InChI=1S/C14H22N4O/c1-17(2)11-13-14(19)18(9-3-6-16-13)10-12-4-7-15-8-5-12/h4-5,7-8,13,16H,3,6,9-11H2,1-2H3. The highest BCUT2D eigenvalue weighted by molar-refractivity contribution is 5.82. The first-order valence-electron chi connectivity index (χ1n) is 6.72. The van der Waals surface area contributed by atoms with Crippen LogP contribution < -0.4 is 5.32 Å². The summed E-state index contributed by atoms with van der Waals surface area (Å²) in [6.07, 6.45) is 4.54. The van der Waals surface area contributed by atoms with Crippen LogP contribution in [-0.2, 0) is 11.3 Å². The van der Waals surface area contributed by atoms with Gasteiger partial charge in [-0.2, -0.15) is 0 Å². The molecule has 0 radical (unpaired) electrons. The molecule has 1 aromatic heterocycles. The molecule has 1 aromatic rings. The molecular weight excluding hydrogens is 240 g/mol. The summed E-state index contributed by atoms with van der Waals surface area (Å²) in [4.78, 5) is 20.5. The summed E-state index contributed by atoms with van der Waals surface area (Å²) < 4.78 is 0. The Morgan fingerprint density at radius 3 is 2.84 bits per heavy atom. The zero-order valence-corrected chi connectivity index (χ0v) is 11.7. The topological polar surface area (TPSA) is 48.5 Å². The molecule has 0 saturated carbocycles. The van der Waals surface area contributed by atoms with E-state index in [1.807, 2.05) is 36.0 Å². The number of amides is 1. The molecule has 1 N–H and O–H groups in total. The Bertz CT molecular complexity index is 407. The van der Waals surface area contributed by atoms with Gasteiger partial charge in [-0.1, -0.05) is 0 Å². The zero-order valence-electron chi connectivity index (χ0n) is 11.7. The number of hydrogen-bond donors (Lipinski definition) is 1. The summed E-state index contributed by atoms with van der Waals surface area (Å²) >= 11 is 0. The van der Waals surface area contributed by atoms with Crippen molar-refractivity contribution >= 4 is 5.91 Å². The Balaban J connectivity index is 2.04. The second-order valence-electron chi connectivity index (χ2n) is 5.24. The van der Waals surface area contributed by atoms with E-state index < -0.39 is 0 Å². The van der Waals surface area contributed by atoms with Crippen molar-refractivity contribution in [1.82, 2.24) is 20.1 Å². The molecule has 0 aromatic carbocycles. The molecule has 1 aliphatic heterocycles. The summed E-state index contributed by atoms with van der Waals surface area (Å²) in [6, 6.07) is 3.83. The summed E-state index contributed by atoms with van der Waals surface area (Å²) in [7, 11) is 3.99. The van der Waals surface area contributed by atoms with Crippen molar-refractivity contribution in [2.24, 2.45) is 0 Å². The minimum absolute atomic E-state index is 0.0978. The molecule has 104 valence electrons. The van der Waals surface area contributed by atoms with Gasteiger partial charge >= 0.3 is 0 Å². The van der Waals surface area contributed by atoms with Gasteiger partial charge < -0.3 is 15.1 Å². The van der Waals surface area contributed by atoms with Crippen LogP contribution in [0.2, 0.25) is 0 Å². The van der Waals surface area contributed by atoms with Gasteiger partial charge in [0.25, 0.3) is 0 Å². The van der Waals surface area contributed by atoms with Gasteiger partial charge in [-0.15, -0.1) is 0 Å². The van der Waals surface area contributed by atoms with E-state index in [2.05, 4.69) is 10.3 Å². The first-order chi connectivity index (χ1) is 9.16. The lowest BCUT2D eigenvalue weighted by molar-refractivity contribution is -0.133. The number of likely N-dealkylation sites (N-methyl/N-ethyl adjacent to an activating group) is 1. The SMILES string of the molecule is CN(C)CC1NCCCN(Cc2ccncc2)C1=O. The van der Waals surface area contributed by atoms with E-state index in [0.29, 0.717) is 6.54 Å². The lowest BCUT2D eigenvalue weighted by Crippen LogP contribution is -2.48. The molecule has 1 unspecified atom stereocenters.